The molecule has 19 heavy (non-hydrogen) atoms. The molecule has 106 valence electrons. The molecule has 0 bridgehead atoms. The van der Waals surface area contributed by atoms with Crippen molar-refractivity contribution in [3.8, 4) is 5.75 Å². The molecule has 0 aliphatic carbocycles. The second kappa shape index (κ2) is 6.37. The summed E-state index contributed by atoms with van der Waals surface area (Å²) in [5.41, 5.74) is 7.40. The number of benzene rings is 1. The van der Waals surface area contributed by atoms with Crippen LogP contribution < -0.4 is 10.5 Å². The van der Waals surface area contributed by atoms with Gasteiger partial charge in [0.15, 0.2) is 0 Å². The topological polar surface area (TPSA) is 47.7 Å². The summed E-state index contributed by atoms with van der Waals surface area (Å²) in [6.07, 6.45) is 1.07. The molecule has 0 spiro atoms. The van der Waals surface area contributed by atoms with Gasteiger partial charge in [-0.1, -0.05) is 12.1 Å². The van der Waals surface area contributed by atoms with E-state index in [9.17, 15) is 0 Å². The van der Waals surface area contributed by atoms with E-state index in [-0.39, 0.29) is 12.1 Å². The molecule has 1 heterocycles. The molecule has 3 atom stereocenters. The Balaban J connectivity index is 2.22. The van der Waals surface area contributed by atoms with Gasteiger partial charge in [0, 0.05) is 24.7 Å². The molecule has 1 saturated heterocycles. The van der Waals surface area contributed by atoms with E-state index in [1.54, 1.807) is 7.11 Å². The van der Waals surface area contributed by atoms with Crippen molar-refractivity contribution in [2.24, 2.45) is 5.73 Å². The number of nitrogens with zero attached hydrogens (tertiary/aromatic N) is 1. The summed E-state index contributed by atoms with van der Waals surface area (Å²) in [7, 11) is 3.82. The summed E-state index contributed by atoms with van der Waals surface area (Å²) in [5.74, 6) is 0.874. The summed E-state index contributed by atoms with van der Waals surface area (Å²) < 4.78 is 10.8. The molecule has 1 aliphatic heterocycles. The van der Waals surface area contributed by atoms with E-state index in [0.29, 0.717) is 6.04 Å². The molecule has 2 rings (SSSR count). The third-order valence-electron chi connectivity index (χ3n) is 3.85. The Bertz CT molecular complexity index is 403. The van der Waals surface area contributed by atoms with Crippen LogP contribution in [0.25, 0.3) is 0 Å². The van der Waals surface area contributed by atoms with Crippen LogP contribution in [0.5, 0.6) is 5.75 Å². The van der Waals surface area contributed by atoms with Gasteiger partial charge in [0.1, 0.15) is 5.75 Å². The van der Waals surface area contributed by atoms with Gasteiger partial charge in [-0.05, 0) is 38.1 Å². The third kappa shape index (κ3) is 3.26. The number of ether oxygens (including phenoxy) is 2. The smallest absolute Gasteiger partial charge is 0.119 e. The fraction of sp³-hybridized carbons (Fsp3) is 0.600. The van der Waals surface area contributed by atoms with E-state index < -0.39 is 0 Å². The number of hydrogen-bond acceptors (Lipinski definition) is 4. The molecule has 1 aromatic carbocycles. The summed E-state index contributed by atoms with van der Waals surface area (Å²) >= 11 is 0. The van der Waals surface area contributed by atoms with Crippen molar-refractivity contribution in [2.45, 2.75) is 31.5 Å². The molecule has 0 amide bonds. The lowest BCUT2D eigenvalue weighted by atomic mass is 9.97. The third-order valence-corrected chi connectivity index (χ3v) is 3.85. The van der Waals surface area contributed by atoms with Crippen LogP contribution in [0.15, 0.2) is 24.3 Å². The van der Waals surface area contributed by atoms with E-state index in [2.05, 4.69) is 31.0 Å². The highest BCUT2D eigenvalue weighted by Crippen LogP contribution is 2.29. The Morgan fingerprint density at radius 2 is 2.26 bits per heavy atom. The van der Waals surface area contributed by atoms with Gasteiger partial charge < -0.3 is 15.2 Å². The minimum absolute atomic E-state index is 0.0534. The summed E-state index contributed by atoms with van der Waals surface area (Å²) in [5, 5.41) is 0. The van der Waals surface area contributed by atoms with Gasteiger partial charge in [-0.2, -0.15) is 0 Å². The van der Waals surface area contributed by atoms with Crippen molar-refractivity contribution < 1.29 is 9.47 Å². The Kier molecular flexibility index (Phi) is 4.80. The van der Waals surface area contributed by atoms with E-state index in [1.807, 2.05) is 12.1 Å². The first-order chi connectivity index (χ1) is 9.13. The van der Waals surface area contributed by atoms with Crippen molar-refractivity contribution in [3.05, 3.63) is 29.8 Å². The molecular formula is C15H24N2O2. The predicted molar refractivity (Wildman–Crippen MR) is 76.4 cm³/mol. The van der Waals surface area contributed by atoms with Crippen LogP contribution in [0.4, 0.5) is 0 Å². The van der Waals surface area contributed by atoms with Crippen LogP contribution in [0, 0.1) is 0 Å². The zero-order valence-corrected chi connectivity index (χ0v) is 12.0. The lowest BCUT2D eigenvalue weighted by Crippen LogP contribution is -2.43. The van der Waals surface area contributed by atoms with Gasteiger partial charge >= 0.3 is 0 Å². The fourth-order valence-electron chi connectivity index (χ4n) is 2.81. The van der Waals surface area contributed by atoms with Crippen LogP contribution in [0.3, 0.4) is 0 Å². The predicted octanol–water partition coefficient (Wildman–Crippen LogP) is 1.80. The average Bonchev–Trinajstić information content (AvgIpc) is 2.92. The van der Waals surface area contributed by atoms with Gasteiger partial charge in [0.2, 0.25) is 0 Å². The number of rotatable bonds is 5. The van der Waals surface area contributed by atoms with Crippen molar-refractivity contribution in [2.75, 3.05) is 27.4 Å². The van der Waals surface area contributed by atoms with E-state index >= 15 is 0 Å². The molecule has 0 aromatic heterocycles. The minimum Gasteiger partial charge on any atom is -0.497 e. The van der Waals surface area contributed by atoms with E-state index in [4.69, 9.17) is 15.2 Å². The molecule has 4 nitrogen and oxygen atoms in total. The van der Waals surface area contributed by atoms with Gasteiger partial charge in [-0.3, -0.25) is 4.90 Å². The maximum Gasteiger partial charge on any atom is 0.119 e. The quantitative estimate of drug-likeness (QED) is 0.881. The molecule has 1 aliphatic rings. The van der Waals surface area contributed by atoms with E-state index in [0.717, 1.165) is 25.4 Å². The van der Waals surface area contributed by atoms with Crippen LogP contribution in [-0.2, 0) is 4.74 Å². The Morgan fingerprint density at radius 1 is 1.47 bits per heavy atom. The second-order valence-electron chi connectivity index (χ2n) is 5.26. The Morgan fingerprint density at radius 3 is 2.84 bits per heavy atom. The summed E-state index contributed by atoms with van der Waals surface area (Å²) in [6.45, 7) is 3.69. The molecule has 0 radical (unpaired) electrons. The SMILES string of the molecule is COc1cccc(C(C(C)N)N(C)C2CCOC2)c1. The fourth-order valence-corrected chi connectivity index (χ4v) is 2.81. The molecule has 4 heteroatoms. The van der Waals surface area contributed by atoms with Crippen molar-refractivity contribution in [1.29, 1.82) is 0 Å². The van der Waals surface area contributed by atoms with Gasteiger partial charge in [-0.15, -0.1) is 0 Å². The van der Waals surface area contributed by atoms with Crippen LogP contribution >= 0.6 is 0 Å². The zero-order chi connectivity index (χ0) is 13.8. The van der Waals surface area contributed by atoms with Crippen LogP contribution in [-0.4, -0.2) is 44.4 Å². The van der Waals surface area contributed by atoms with Crippen LogP contribution in [0.1, 0.15) is 24.9 Å². The lowest BCUT2D eigenvalue weighted by molar-refractivity contribution is 0.123. The molecule has 2 N–H and O–H groups in total. The van der Waals surface area contributed by atoms with Crippen molar-refractivity contribution >= 4 is 0 Å². The maximum absolute atomic E-state index is 6.21. The lowest BCUT2D eigenvalue weighted by Gasteiger charge is -2.35. The van der Waals surface area contributed by atoms with Crippen LogP contribution in [0.2, 0.25) is 0 Å². The Hall–Kier alpha value is -1.10. The van der Waals surface area contributed by atoms with Crippen molar-refractivity contribution in [1.82, 2.24) is 4.90 Å². The number of methoxy groups -OCH3 is 1. The van der Waals surface area contributed by atoms with Gasteiger partial charge in [0.05, 0.1) is 13.7 Å². The maximum atomic E-state index is 6.21. The minimum atomic E-state index is 0.0534. The first kappa shape index (κ1) is 14.3. The van der Waals surface area contributed by atoms with Gasteiger partial charge in [0.25, 0.3) is 0 Å². The highest BCUT2D eigenvalue weighted by molar-refractivity contribution is 5.31. The first-order valence-corrected chi connectivity index (χ1v) is 6.82. The van der Waals surface area contributed by atoms with Gasteiger partial charge in [-0.25, -0.2) is 0 Å². The second-order valence-corrected chi connectivity index (χ2v) is 5.26. The monoisotopic (exact) mass is 264 g/mol. The normalized spacial score (nSPS) is 22.5. The molecule has 1 fully saturated rings. The highest BCUT2D eigenvalue weighted by Gasteiger charge is 2.29. The number of nitrogens with two attached hydrogens (primary N) is 1. The standard InChI is InChI=1S/C15H24N2O2/c1-11(16)15(17(2)13-7-8-19-10-13)12-5-4-6-14(9-12)18-3/h4-6,9,11,13,15H,7-8,10,16H2,1-3H3. The highest BCUT2D eigenvalue weighted by atomic mass is 16.5. The molecule has 3 unspecified atom stereocenters. The Labute approximate surface area is 115 Å². The number of hydrogen-bond donors (Lipinski definition) is 1. The largest absolute Gasteiger partial charge is 0.497 e. The molecular weight excluding hydrogens is 240 g/mol. The molecule has 1 aromatic rings. The zero-order valence-electron chi connectivity index (χ0n) is 12.0. The summed E-state index contributed by atoms with van der Waals surface area (Å²) in [4.78, 5) is 2.34. The first-order valence-electron chi connectivity index (χ1n) is 6.82. The average molecular weight is 264 g/mol. The van der Waals surface area contributed by atoms with E-state index in [1.165, 1.54) is 5.56 Å². The van der Waals surface area contributed by atoms with Crippen molar-refractivity contribution in [3.63, 3.8) is 0 Å². The number of likely N-dealkylation sites (N-methyl/N-ethyl adjacent to an activating group) is 1. The summed E-state index contributed by atoms with van der Waals surface area (Å²) in [6, 6.07) is 8.84. The molecule has 0 saturated carbocycles.